The molecule has 0 bridgehead atoms. The molecule has 114 valence electrons. The zero-order valence-corrected chi connectivity index (χ0v) is 11.9. The standard InChI is InChI=1S/C13H23N3O4/c1-2-16(10-3-4-10)7-6-14-12(19)15-13(11(17)18)5-8-20-9-13/h10H,2-9H2,1H3,(H,17,18)(H2,14,15,19). The summed E-state index contributed by atoms with van der Waals surface area (Å²) in [4.78, 5) is 25.4. The van der Waals surface area contributed by atoms with Crippen molar-refractivity contribution in [1.29, 1.82) is 0 Å². The number of rotatable bonds is 7. The Morgan fingerprint density at radius 1 is 1.45 bits per heavy atom. The Bertz CT molecular complexity index is 365. The van der Waals surface area contributed by atoms with Gasteiger partial charge in [0.05, 0.1) is 6.61 Å². The maximum absolute atomic E-state index is 11.8. The molecule has 7 heteroatoms. The summed E-state index contributed by atoms with van der Waals surface area (Å²) in [6.07, 6.45) is 2.78. The molecular formula is C13H23N3O4. The highest BCUT2D eigenvalue weighted by molar-refractivity contribution is 5.86. The highest BCUT2D eigenvalue weighted by Gasteiger charge is 2.44. The maximum Gasteiger partial charge on any atom is 0.332 e. The summed E-state index contributed by atoms with van der Waals surface area (Å²) in [6.45, 7) is 4.78. The lowest BCUT2D eigenvalue weighted by atomic mass is 9.99. The molecular weight excluding hydrogens is 262 g/mol. The van der Waals surface area contributed by atoms with Crippen LogP contribution in [0.4, 0.5) is 4.79 Å². The Morgan fingerprint density at radius 3 is 2.70 bits per heavy atom. The normalized spacial score (nSPS) is 25.7. The van der Waals surface area contributed by atoms with Gasteiger partial charge in [0.1, 0.15) is 0 Å². The molecule has 0 aromatic rings. The van der Waals surface area contributed by atoms with Crippen molar-refractivity contribution in [3.05, 3.63) is 0 Å². The first-order chi connectivity index (χ1) is 9.57. The largest absolute Gasteiger partial charge is 0.479 e. The second kappa shape index (κ2) is 6.41. The first-order valence-corrected chi connectivity index (χ1v) is 7.18. The number of likely N-dealkylation sites (N-methyl/N-ethyl adjacent to an activating group) is 1. The summed E-state index contributed by atoms with van der Waals surface area (Å²) in [6, 6.07) is 0.225. The molecule has 1 heterocycles. The number of carbonyl (C=O) groups is 2. The highest BCUT2D eigenvalue weighted by atomic mass is 16.5. The molecule has 0 aromatic carbocycles. The quantitative estimate of drug-likeness (QED) is 0.613. The number of urea groups is 1. The van der Waals surface area contributed by atoms with Crippen LogP contribution in [0.15, 0.2) is 0 Å². The van der Waals surface area contributed by atoms with E-state index in [9.17, 15) is 14.7 Å². The van der Waals surface area contributed by atoms with Crippen molar-refractivity contribution in [2.24, 2.45) is 0 Å². The van der Waals surface area contributed by atoms with Crippen LogP contribution in [-0.4, -0.2) is 66.4 Å². The molecule has 0 radical (unpaired) electrons. The number of ether oxygens (including phenoxy) is 1. The van der Waals surface area contributed by atoms with E-state index >= 15 is 0 Å². The number of nitrogens with one attached hydrogen (secondary N) is 2. The predicted octanol–water partition coefficient (Wildman–Crippen LogP) is 0.0136. The summed E-state index contributed by atoms with van der Waals surface area (Å²) in [5.41, 5.74) is -1.27. The third kappa shape index (κ3) is 3.61. The molecule has 0 aromatic heterocycles. The van der Waals surface area contributed by atoms with Crippen molar-refractivity contribution < 1.29 is 19.4 Å². The van der Waals surface area contributed by atoms with Gasteiger partial charge < -0.3 is 20.5 Å². The number of hydrogen-bond acceptors (Lipinski definition) is 4. The number of carbonyl (C=O) groups excluding carboxylic acids is 1. The molecule has 3 N–H and O–H groups in total. The van der Waals surface area contributed by atoms with Crippen LogP contribution in [0.1, 0.15) is 26.2 Å². The fourth-order valence-corrected chi connectivity index (χ4v) is 2.50. The Hall–Kier alpha value is -1.34. The van der Waals surface area contributed by atoms with E-state index in [2.05, 4.69) is 22.5 Å². The second-order valence-corrected chi connectivity index (χ2v) is 5.43. The van der Waals surface area contributed by atoms with Gasteiger partial charge in [-0.25, -0.2) is 9.59 Å². The van der Waals surface area contributed by atoms with Gasteiger partial charge in [-0.1, -0.05) is 6.92 Å². The van der Waals surface area contributed by atoms with Gasteiger partial charge in [-0.2, -0.15) is 0 Å². The molecule has 1 aliphatic heterocycles. The summed E-state index contributed by atoms with van der Waals surface area (Å²) < 4.78 is 5.09. The molecule has 2 fully saturated rings. The summed E-state index contributed by atoms with van der Waals surface area (Å²) in [5, 5.41) is 14.5. The number of carboxylic acids is 1. The average molecular weight is 285 g/mol. The van der Waals surface area contributed by atoms with Crippen molar-refractivity contribution in [3.63, 3.8) is 0 Å². The van der Waals surface area contributed by atoms with E-state index in [0.29, 0.717) is 25.6 Å². The van der Waals surface area contributed by atoms with Crippen LogP contribution in [0.5, 0.6) is 0 Å². The zero-order chi connectivity index (χ0) is 14.6. The molecule has 1 aliphatic carbocycles. The topological polar surface area (TPSA) is 90.9 Å². The van der Waals surface area contributed by atoms with Gasteiger partial charge in [0, 0.05) is 32.2 Å². The molecule has 2 aliphatic rings. The monoisotopic (exact) mass is 285 g/mol. The SMILES string of the molecule is CCN(CCNC(=O)NC1(C(=O)O)CCOC1)C1CC1. The van der Waals surface area contributed by atoms with Crippen LogP contribution < -0.4 is 10.6 Å². The second-order valence-electron chi connectivity index (χ2n) is 5.43. The van der Waals surface area contributed by atoms with E-state index in [1.165, 1.54) is 12.8 Å². The van der Waals surface area contributed by atoms with E-state index < -0.39 is 17.5 Å². The molecule has 1 saturated carbocycles. The average Bonchev–Trinajstić information content (AvgIpc) is 3.14. The minimum absolute atomic E-state index is 0.0267. The Balaban J connectivity index is 1.72. The molecule has 7 nitrogen and oxygen atoms in total. The Kier molecular flexibility index (Phi) is 4.82. The third-order valence-electron chi connectivity index (χ3n) is 3.94. The van der Waals surface area contributed by atoms with E-state index in [-0.39, 0.29) is 6.61 Å². The van der Waals surface area contributed by atoms with Crippen molar-refractivity contribution >= 4 is 12.0 Å². The summed E-state index contributed by atoms with van der Waals surface area (Å²) in [7, 11) is 0. The van der Waals surface area contributed by atoms with Gasteiger partial charge >= 0.3 is 12.0 Å². The highest BCUT2D eigenvalue weighted by Crippen LogP contribution is 2.25. The van der Waals surface area contributed by atoms with E-state index in [1.54, 1.807) is 0 Å². The Labute approximate surface area is 118 Å². The van der Waals surface area contributed by atoms with Crippen LogP contribution in [0.2, 0.25) is 0 Å². The first kappa shape index (κ1) is 15.1. The van der Waals surface area contributed by atoms with Crippen molar-refractivity contribution in [3.8, 4) is 0 Å². The zero-order valence-electron chi connectivity index (χ0n) is 11.9. The van der Waals surface area contributed by atoms with E-state index in [1.807, 2.05) is 0 Å². The lowest BCUT2D eigenvalue weighted by molar-refractivity contribution is -0.144. The van der Waals surface area contributed by atoms with Crippen molar-refractivity contribution in [2.45, 2.75) is 37.8 Å². The maximum atomic E-state index is 11.8. The fraction of sp³-hybridized carbons (Fsp3) is 0.846. The van der Waals surface area contributed by atoms with Gasteiger partial charge in [0.2, 0.25) is 0 Å². The molecule has 1 atom stereocenters. The lowest BCUT2D eigenvalue weighted by Gasteiger charge is -2.24. The van der Waals surface area contributed by atoms with Gasteiger partial charge in [0.15, 0.2) is 5.54 Å². The molecule has 1 saturated heterocycles. The molecule has 2 rings (SSSR count). The van der Waals surface area contributed by atoms with Crippen LogP contribution in [0.25, 0.3) is 0 Å². The van der Waals surface area contributed by atoms with Crippen molar-refractivity contribution in [2.75, 3.05) is 32.8 Å². The number of hydrogen-bond donors (Lipinski definition) is 3. The first-order valence-electron chi connectivity index (χ1n) is 7.18. The molecule has 2 amide bonds. The minimum Gasteiger partial charge on any atom is -0.479 e. The van der Waals surface area contributed by atoms with E-state index in [4.69, 9.17) is 4.74 Å². The Morgan fingerprint density at radius 2 is 2.20 bits per heavy atom. The molecule has 20 heavy (non-hydrogen) atoms. The van der Waals surface area contributed by atoms with Gasteiger partial charge in [-0.05, 0) is 19.4 Å². The van der Waals surface area contributed by atoms with Gasteiger partial charge in [-0.15, -0.1) is 0 Å². The summed E-state index contributed by atoms with van der Waals surface area (Å²) >= 11 is 0. The van der Waals surface area contributed by atoms with Crippen LogP contribution in [-0.2, 0) is 9.53 Å². The minimum atomic E-state index is -1.27. The molecule has 1 unspecified atom stereocenters. The number of aliphatic carboxylic acids is 1. The van der Waals surface area contributed by atoms with Gasteiger partial charge in [-0.3, -0.25) is 4.90 Å². The smallest absolute Gasteiger partial charge is 0.332 e. The number of carboxylic acid groups (broad SMARTS) is 1. The number of amides is 2. The van der Waals surface area contributed by atoms with Crippen LogP contribution in [0, 0.1) is 0 Å². The number of nitrogens with zero attached hydrogens (tertiary/aromatic N) is 1. The van der Waals surface area contributed by atoms with Crippen LogP contribution in [0.3, 0.4) is 0 Å². The van der Waals surface area contributed by atoms with Gasteiger partial charge in [0.25, 0.3) is 0 Å². The van der Waals surface area contributed by atoms with E-state index in [0.717, 1.165) is 13.1 Å². The van der Waals surface area contributed by atoms with Crippen LogP contribution >= 0.6 is 0 Å². The fourth-order valence-electron chi connectivity index (χ4n) is 2.50. The predicted molar refractivity (Wildman–Crippen MR) is 72.6 cm³/mol. The lowest BCUT2D eigenvalue weighted by Crippen LogP contribution is -2.58. The van der Waals surface area contributed by atoms with Crippen molar-refractivity contribution in [1.82, 2.24) is 15.5 Å². The molecule has 0 spiro atoms. The third-order valence-corrected chi connectivity index (χ3v) is 3.94. The summed E-state index contributed by atoms with van der Waals surface area (Å²) in [5.74, 6) is -1.04.